The molecule has 1 unspecified atom stereocenters. The number of benzene rings is 2. The van der Waals surface area contributed by atoms with E-state index in [-0.39, 0.29) is 22.9 Å². The molecule has 0 saturated carbocycles. The summed E-state index contributed by atoms with van der Waals surface area (Å²) in [5.74, 6) is 0.186. The summed E-state index contributed by atoms with van der Waals surface area (Å²) in [5.41, 5.74) is 6.04. The lowest BCUT2D eigenvalue weighted by Gasteiger charge is -2.20. The first kappa shape index (κ1) is 13.8. The molecule has 20 heavy (non-hydrogen) atoms. The highest BCUT2D eigenvalue weighted by molar-refractivity contribution is 5.50. The maximum atomic E-state index is 11.9. The minimum absolute atomic E-state index is 0.0175. The molecular formula is C13H14N2O5. The normalized spacial score (nSPS) is 11.9. The average molecular weight is 278 g/mol. The molecule has 0 aliphatic carbocycles. The summed E-state index contributed by atoms with van der Waals surface area (Å²) >= 11 is 0. The molecule has 2 rings (SSSR count). The lowest BCUT2D eigenvalue weighted by atomic mass is 10.3. The van der Waals surface area contributed by atoms with Gasteiger partial charge in [-0.25, -0.2) is 0 Å². The highest BCUT2D eigenvalue weighted by atomic mass is 16.9. The van der Waals surface area contributed by atoms with Gasteiger partial charge in [0.1, 0.15) is 17.2 Å². The summed E-state index contributed by atoms with van der Waals surface area (Å²) in [4.78, 5) is 5.11. The molecule has 0 saturated heterocycles. The zero-order chi connectivity index (χ0) is 14.7. The van der Waals surface area contributed by atoms with Crippen LogP contribution in [0, 0.1) is 5.21 Å². The Balaban J connectivity index is 2.22. The smallest absolute Gasteiger partial charge is 0.196 e. The zero-order valence-electron chi connectivity index (χ0n) is 10.7. The summed E-state index contributed by atoms with van der Waals surface area (Å²) in [5, 5.41) is 29.8. The Morgan fingerprint density at radius 3 is 2.20 bits per heavy atom. The van der Waals surface area contributed by atoms with Gasteiger partial charge in [-0.2, -0.15) is 0 Å². The molecule has 106 valence electrons. The number of quaternary nitrogens is 1. The van der Waals surface area contributed by atoms with Crippen molar-refractivity contribution in [3.63, 3.8) is 0 Å². The molecule has 0 amide bonds. The van der Waals surface area contributed by atoms with E-state index in [2.05, 4.69) is 0 Å². The Labute approximate surface area is 114 Å². The van der Waals surface area contributed by atoms with Crippen LogP contribution < -0.4 is 20.5 Å². The Hall–Kier alpha value is -2.64. The molecule has 2 aromatic rings. The molecule has 1 atom stereocenters. The fourth-order valence-electron chi connectivity index (χ4n) is 1.65. The van der Waals surface area contributed by atoms with Gasteiger partial charge in [-0.1, -0.05) is 0 Å². The third kappa shape index (κ3) is 3.22. The molecule has 0 bridgehead atoms. The van der Waals surface area contributed by atoms with Gasteiger partial charge in [0.25, 0.3) is 0 Å². The van der Waals surface area contributed by atoms with E-state index >= 15 is 0 Å². The van der Waals surface area contributed by atoms with E-state index in [9.17, 15) is 15.4 Å². The Morgan fingerprint density at radius 2 is 1.60 bits per heavy atom. The second-order valence-corrected chi connectivity index (χ2v) is 4.07. The fraction of sp³-hybridized carbons (Fsp3) is 0.0769. The Bertz CT molecular complexity index is 597. The summed E-state index contributed by atoms with van der Waals surface area (Å²) in [6.45, 7) is 0. The maximum Gasteiger partial charge on any atom is 0.196 e. The number of rotatable bonds is 4. The van der Waals surface area contributed by atoms with Crippen molar-refractivity contribution in [2.75, 3.05) is 12.8 Å². The number of aromatic hydroxyl groups is 2. The van der Waals surface area contributed by atoms with Gasteiger partial charge in [-0.3, -0.25) is 0 Å². The number of nitrogens with two attached hydrogens (primary N) is 1. The van der Waals surface area contributed by atoms with E-state index in [0.29, 0.717) is 11.4 Å². The van der Waals surface area contributed by atoms with E-state index in [0.717, 1.165) is 6.07 Å². The van der Waals surface area contributed by atoms with E-state index in [1.54, 1.807) is 6.07 Å². The van der Waals surface area contributed by atoms with Crippen molar-refractivity contribution in [3.05, 3.63) is 41.6 Å². The lowest BCUT2D eigenvalue weighted by molar-refractivity contribution is -0.963. The van der Waals surface area contributed by atoms with Crippen LogP contribution in [0.4, 0.5) is 11.4 Å². The van der Waals surface area contributed by atoms with Crippen LogP contribution in [0.25, 0.3) is 0 Å². The zero-order valence-corrected chi connectivity index (χ0v) is 10.7. The summed E-state index contributed by atoms with van der Waals surface area (Å²) < 4.78 is 5.01. The predicted molar refractivity (Wildman–Crippen MR) is 71.8 cm³/mol. The van der Waals surface area contributed by atoms with Gasteiger partial charge in [0.05, 0.1) is 7.11 Å². The third-order valence-electron chi connectivity index (χ3n) is 2.49. The van der Waals surface area contributed by atoms with Crippen LogP contribution in [-0.2, 0) is 0 Å². The van der Waals surface area contributed by atoms with Crippen molar-refractivity contribution in [1.82, 2.24) is 0 Å². The van der Waals surface area contributed by atoms with E-state index in [1.807, 2.05) is 0 Å². The topological polar surface area (TPSA) is 112 Å². The second-order valence-electron chi connectivity index (χ2n) is 4.07. The standard InChI is InChI=1S/C13H14N2O5/c1-19-12-2-8(14)3-13(7-12)20-15(18)9-4-10(16)6-11(17)5-9/h2-7,15-17H,14H2,1H3. The van der Waals surface area contributed by atoms with Crippen LogP contribution in [0.15, 0.2) is 36.4 Å². The number of hydrogen-bond acceptors (Lipinski definition) is 6. The highest BCUT2D eigenvalue weighted by Gasteiger charge is 2.10. The number of nitrogens with one attached hydrogen (secondary N) is 1. The molecule has 2 aromatic carbocycles. The molecule has 5 N–H and O–H groups in total. The first-order valence-electron chi connectivity index (χ1n) is 5.67. The largest absolute Gasteiger partial charge is 0.585 e. The molecular weight excluding hydrogens is 264 g/mol. The number of methoxy groups -OCH3 is 1. The van der Waals surface area contributed by atoms with Gasteiger partial charge in [0.2, 0.25) is 0 Å². The average Bonchev–Trinajstić information content (AvgIpc) is 2.36. The number of ether oxygens (including phenoxy) is 1. The molecule has 0 spiro atoms. The number of phenols is 2. The summed E-state index contributed by atoms with van der Waals surface area (Å²) in [7, 11) is 1.47. The van der Waals surface area contributed by atoms with Gasteiger partial charge in [0.15, 0.2) is 11.4 Å². The van der Waals surface area contributed by atoms with Crippen LogP contribution in [0.2, 0.25) is 0 Å². The van der Waals surface area contributed by atoms with Crippen molar-refractivity contribution < 1.29 is 25.0 Å². The SMILES string of the molecule is COc1cc(N)cc(O[NH+]([O-])c2cc(O)cc(O)c2)c1. The van der Waals surface area contributed by atoms with Crippen LogP contribution in [0.5, 0.6) is 23.0 Å². The van der Waals surface area contributed by atoms with Crippen LogP contribution in [-0.4, -0.2) is 17.3 Å². The first-order valence-corrected chi connectivity index (χ1v) is 5.67. The minimum atomic E-state index is -0.733. The molecule has 7 nitrogen and oxygen atoms in total. The minimum Gasteiger partial charge on any atom is -0.585 e. The third-order valence-corrected chi connectivity index (χ3v) is 2.49. The molecule has 0 fully saturated rings. The Kier molecular flexibility index (Phi) is 3.83. The molecule has 0 aliphatic rings. The van der Waals surface area contributed by atoms with Crippen LogP contribution in [0.3, 0.4) is 0 Å². The number of anilines is 1. The molecule has 7 heteroatoms. The maximum absolute atomic E-state index is 11.9. The van der Waals surface area contributed by atoms with Crippen molar-refractivity contribution in [1.29, 1.82) is 0 Å². The van der Waals surface area contributed by atoms with Gasteiger partial charge in [0, 0.05) is 42.1 Å². The molecule has 0 aromatic heterocycles. The summed E-state index contributed by atoms with van der Waals surface area (Å²) in [6.07, 6.45) is 0. The Morgan fingerprint density at radius 1 is 1.00 bits per heavy atom. The molecule has 0 radical (unpaired) electrons. The van der Waals surface area contributed by atoms with Gasteiger partial charge >= 0.3 is 0 Å². The first-order chi connectivity index (χ1) is 9.47. The molecule has 0 heterocycles. The fourth-order valence-corrected chi connectivity index (χ4v) is 1.65. The van der Waals surface area contributed by atoms with Gasteiger partial charge in [-0.15, -0.1) is 5.23 Å². The van der Waals surface area contributed by atoms with Crippen LogP contribution in [0.1, 0.15) is 0 Å². The monoisotopic (exact) mass is 278 g/mol. The van der Waals surface area contributed by atoms with Crippen molar-refractivity contribution >= 4 is 11.4 Å². The highest BCUT2D eigenvalue weighted by Crippen LogP contribution is 2.24. The van der Waals surface area contributed by atoms with Crippen molar-refractivity contribution in [2.24, 2.45) is 0 Å². The van der Waals surface area contributed by atoms with E-state index in [4.69, 9.17) is 15.3 Å². The number of phenolic OH excluding ortho intramolecular Hbond substituents is 2. The van der Waals surface area contributed by atoms with Gasteiger partial charge < -0.3 is 30.7 Å². The van der Waals surface area contributed by atoms with Crippen LogP contribution >= 0.6 is 0 Å². The molecule has 0 aliphatic heterocycles. The van der Waals surface area contributed by atoms with Crippen molar-refractivity contribution in [2.45, 2.75) is 0 Å². The van der Waals surface area contributed by atoms with E-state index in [1.165, 1.54) is 31.4 Å². The second kappa shape index (κ2) is 5.55. The van der Waals surface area contributed by atoms with Crippen molar-refractivity contribution in [3.8, 4) is 23.0 Å². The predicted octanol–water partition coefficient (Wildman–Crippen LogP) is 0.697. The van der Waals surface area contributed by atoms with E-state index < -0.39 is 5.23 Å². The van der Waals surface area contributed by atoms with Gasteiger partial charge in [-0.05, 0) is 0 Å². The number of nitrogen functional groups attached to an aromatic ring is 1. The quantitative estimate of drug-likeness (QED) is 0.483. The number of hydrogen-bond donors (Lipinski definition) is 4. The summed E-state index contributed by atoms with van der Waals surface area (Å²) in [6, 6.07) is 8.02. The lowest BCUT2D eigenvalue weighted by Crippen LogP contribution is -3.04.